The van der Waals surface area contributed by atoms with Crippen molar-refractivity contribution in [1.29, 1.82) is 0 Å². The van der Waals surface area contributed by atoms with Crippen LogP contribution >= 0.6 is 0 Å². The van der Waals surface area contributed by atoms with Crippen molar-refractivity contribution in [2.45, 2.75) is 13.0 Å². The monoisotopic (exact) mass is 409 g/mol. The minimum absolute atomic E-state index is 0.0151. The van der Waals surface area contributed by atoms with E-state index in [2.05, 4.69) is 25.4 Å². The van der Waals surface area contributed by atoms with Crippen LogP contribution in [-0.2, 0) is 9.53 Å². The Balaban J connectivity index is 1.71. The highest BCUT2D eigenvalue weighted by atomic mass is 19.1. The fraction of sp³-hybridized carbons (Fsp3) is 0.600. The normalized spacial score (nSPS) is 16.4. The predicted octanol–water partition coefficient (Wildman–Crippen LogP) is 0.549. The van der Waals surface area contributed by atoms with Gasteiger partial charge in [0, 0.05) is 52.9 Å². The van der Waals surface area contributed by atoms with Crippen LogP contribution in [0.1, 0.15) is 6.92 Å². The van der Waals surface area contributed by atoms with E-state index in [1.54, 1.807) is 26.3 Å². The van der Waals surface area contributed by atoms with E-state index >= 15 is 0 Å². The van der Waals surface area contributed by atoms with E-state index in [-0.39, 0.29) is 17.8 Å². The molecular weight excluding hydrogens is 377 g/mol. The molecule has 9 heteroatoms. The lowest BCUT2D eigenvalue weighted by Gasteiger charge is -2.36. The van der Waals surface area contributed by atoms with Gasteiger partial charge in [-0.05, 0) is 19.1 Å². The molecule has 1 aliphatic rings. The third kappa shape index (κ3) is 8.25. The molecule has 2 N–H and O–H groups in total. The summed E-state index contributed by atoms with van der Waals surface area (Å²) < 4.78 is 23.9. The van der Waals surface area contributed by atoms with Gasteiger partial charge in [-0.2, -0.15) is 0 Å². The minimum atomic E-state index is -0.316. The van der Waals surface area contributed by atoms with Gasteiger partial charge in [0.05, 0.1) is 19.7 Å². The summed E-state index contributed by atoms with van der Waals surface area (Å²) in [5.41, 5.74) is 0. The minimum Gasteiger partial charge on any atom is -0.489 e. The average molecular weight is 410 g/mol. The van der Waals surface area contributed by atoms with E-state index < -0.39 is 0 Å². The van der Waals surface area contributed by atoms with Crippen LogP contribution in [0.4, 0.5) is 4.39 Å². The Labute approximate surface area is 172 Å². The molecule has 162 valence electrons. The lowest BCUT2D eigenvalue weighted by Crippen LogP contribution is -2.54. The van der Waals surface area contributed by atoms with Crippen molar-refractivity contribution in [3.8, 4) is 5.75 Å². The van der Waals surface area contributed by atoms with Gasteiger partial charge in [0.1, 0.15) is 17.7 Å². The second kappa shape index (κ2) is 12.2. The summed E-state index contributed by atoms with van der Waals surface area (Å²) in [6.45, 7) is 7.04. The van der Waals surface area contributed by atoms with Crippen LogP contribution in [-0.4, -0.2) is 94.3 Å². The molecule has 0 spiro atoms. The average Bonchev–Trinajstić information content (AvgIpc) is 2.70. The smallest absolute Gasteiger partial charge is 0.234 e. The first-order valence-corrected chi connectivity index (χ1v) is 9.87. The van der Waals surface area contributed by atoms with Gasteiger partial charge in [0.25, 0.3) is 0 Å². The van der Waals surface area contributed by atoms with E-state index in [9.17, 15) is 9.18 Å². The molecule has 1 unspecified atom stereocenters. The van der Waals surface area contributed by atoms with Crippen LogP contribution in [0.25, 0.3) is 0 Å². The van der Waals surface area contributed by atoms with Crippen LogP contribution < -0.4 is 15.4 Å². The Bertz CT molecular complexity index is 665. The number of carbonyl (C=O) groups is 1. The summed E-state index contributed by atoms with van der Waals surface area (Å²) in [6.07, 6.45) is -0.148. The number of hydrogen-bond donors (Lipinski definition) is 2. The molecule has 1 amide bonds. The standard InChI is InChI=1S/C20H32FN5O3/c1-16(29-18-6-4-5-17(21)13-18)14-24-20(22-2)26-10-8-25(9-11-26)15-19(27)23-7-12-28-3/h4-6,13,16H,7-12,14-15H2,1-3H3,(H,22,24)(H,23,27). The van der Waals surface area contributed by atoms with Crippen LogP contribution in [0, 0.1) is 5.82 Å². The number of benzene rings is 1. The van der Waals surface area contributed by atoms with E-state index in [0.717, 1.165) is 32.1 Å². The summed E-state index contributed by atoms with van der Waals surface area (Å²) >= 11 is 0. The third-order valence-corrected chi connectivity index (χ3v) is 4.56. The summed E-state index contributed by atoms with van der Waals surface area (Å²) in [4.78, 5) is 20.5. The number of halogens is 1. The second-order valence-corrected chi connectivity index (χ2v) is 6.92. The zero-order chi connectivity index (χ0) is 21.1. The van der Waals surface area contributed by atoms with Crippen molar-refractivity contribution >= 4 is 11.9 Å². The topological polar surface area (TPSA) is 78.4 Å². The molecule has 0 radical (unpaired) electrons. The van der Waals surface area contributed by atoms with E-state index in [4.69, 9.17) is 9.47 Å². The first kappa shape index (κ1) is 22.9. The molecule has 0 bridgehead atoms. The van der Waals surface area contributed by atoms with Gasteiger partial charge >= 0.3 is 0 Å². The van der Waals surface area contributed by atoms with Crippen molar-refractivity contribution in [2.75, 3.05) is 66.6 Å². The maximum atomic E-state index is 13.3. The van der Waals surface area contributed by atoms with Gasteiger partial charge < -0.3 is 25.0 Å². The first-order valence-electron chi connectivity index (χ1n) is 9.87. The van der Waals surface area contributed by atoms with Gasteiger partial charge in [-0.25, -0.2) is 4.39 Å². The number of rotatable bonds is 9. The fourth-order valence-corrected chi connectivity index (χ4v) is 3.05. The maximum Gasteiger partial charge on any atom is 0.234 e. The van der Waals surface area contributed by atoms with Gasteiger partial charge in [-0.15, -0.1) is 0 Å². The lowest BCUT2D eigenvalue weighted by atomic mass is 10.3. The SMILES string of the molecule is CN=C(NCC(C)Oc1cccc(F)c1)N1CCN(CC(=O)NCCOC)CC1. The quantitative estimate of drug-likeness (QED) is 0.352. The number of amides is 1. The van der Waals surface area contributed by atoms with Crippen molar-refractivity contribution < 1.29 is 18.7 Å². The highest BCUT2D eigenvalue weighted by Crippen LogP contribution is 2.13. The number of hydrogen-bond acceptors (Lipinski definition) is 5. The van der Waals surface area contributed by atoms with Gasteiger partial charge in [0.2, 0.25) is 5.91 Å². The van der Waals surface area contributed by atoms with Gasteiger partial charge in [0.15, 0.2) is 5.96 Å². The molecule has 29 heavy (non-hydrogen) atoms. The first-order chi connectivity index (χ1) is 14.0. The van der Waals surface area contributed by atoms with Crippen molar-refractivity contribution in [3.05, 3.63) is 30.1 Å². The van der Waals surface area contributed by atoms with E-state index in [1.807, 2.05) is 6.92 Å². The van der Waals surface area contributed by atoms with Crippen molar-refractivity contribution in [2.24, 2.45) is 4.99 Å². The molecule has 1 aliphatic heterocycles. The summed E-state index contributed by atoms with van der Waals surface area (Å²) in [5.74, 6) is 1.00. The summed E-state index contributed by atoms with van der Waals surface area (Å²) in [5, 5.41) is 6.15. The summed E-state index contributed by atoms with van der Waals surface area (Å²) in [7, 11) is 3.36. The number of nitrogens with one attached hydrogen (secondary N) is 2. The molecule has 0 aliphatic carbocycles. The van der Waals surface area contributed by atoms with Crippen molar-refractivity contribution in [1.82, 2.24) is 20.4 Å². The zero-order valence-corrected chi connectivity index (χ0v) is 17.5. The van der Waals surface area contributed by atoms with Gasteiger partial charge in [-0.1, -0.05) is 6.07 Å². The second-order valence-electron chi connectivity index (χ2n) is 6.92. The van der Waals surface area contributed by atoms with Crippen LogP contribution in [0.3, 0.4) is 0 Å². The Morgan fingerprint density at radius 3 is 2.69 bits per heavy atom. The third-order valence-electron chi connectivity index (χ3n) is 4.56. The predicted molar refractivity (Wildman–Crippen MR) is 111 cm³/mol. The number of methoxy groups -OCH3 is 1. The lowest BCUT2D eigenvalue weighted by molar-refractivity contribution is -0.122. The number of carbonyl (C=O) groups excluding carboxylic acids is 1. The van der Waals surface area contributed by atoms with Gasteiger partial charge in [-0.3, -0.25) is 14.7 Å². The van der Waals surface area contributed by atoms with Crippen LogP contribution in [0.5, 0.6) is 5.75 Å². The van der Waals surface area contributed by atoms with Crippen LogP contribution in [0.15, 0.2) is 29.3 Å². The molecule has 8 nitrogen and oxygen atoms in total. The van der Waals surface area contributed by atoms with E-state index in [0.29, 0.717) is 32.0 Å². The molecule has 1 aromatic carbocycles. The summed E-state index contributed by atoms with van der Waals surface area (Å²) in [6, 6.07) is 6.12. The number of guanidine groups is 1. The largest absolute Gasteiger partial charge is 0.489 e. The number of ether oxygens (including phenoxy) is 2. The molecular formula is C20H32FN5O3. The fourth-order valence-electron chi connectivity index (χ4n) is 3.05. The molecule has 0 aromatic heterocycles. The maximum absolute atomic E-state index is 13.3. The Morgan fingerprint density at radius 2 is 2.03 bits per heavy atom. The molecule has 1 aromatic rings. The number of piperazine rings is 1. The molecule has 1 fully saturated rings. The molecule has 0 saturated carbocycles. The van der Waals surface area contributed by atoms with E-state index in [1.165, 1.54) is 12.1 Å². The number of aliphatic imine (C=N–C) groups is 1. The Kier molecular flexibility index (Phi) is 9.66. The molecule has 1 heterocycles. The molecule has 2 rings (SSSR count). The highest BCUT2D eigenvalue weighted by Gasteiger charge is 2.21. The zero-order valence-electron chi connectivity index (χ0n) is 17.5. The Hall–Kier alpha value is -2.39. The highest BCUT2D eigenvalue weighted by molar-refractivity contribution is 5.80. The van der Waals surface area contributed by atoms with Crippen LogP contribution in [0.2, 0.25) is 0 Å². The Morgan fingerprint density at radius 1 is 1.28 bits per heavy atom. The number of nitrogens with zero attached hydrogens (tertiary/aromatic N) is 3. The molecule has 1 atom stereocenters. The molecule has 1 saturated heterocycles. The van der Waals surface area contributed by atoms with Crippen molar-refractivity contribution in [3.63, 3.8) is 0 Å².